The van der Waals surface area contributed by atoms with Gasteiger partial charge < -0.3 is 10.7 Å². The van der Waals surface area contributed by atoms with Crippen LogP contribution in [0.5, 0.6) is 0 Å². The van der Waals surface area contributed by atoms with E-state index in [1.807, 2.05) is 71.7 Å². The second kappa shape index (κ2) is 9.83. The summed E-state index contributed by atoms with van der Waals surface area (Å²) in [6.07, 6.45) is 3.52. The molecule has 2 aromatic heterocycles. The molecule has 2 N–H and O–H groups in total. The molecule has 0 aromatic carbocycles. The molecule has 5 nitrogen and oxygen atoms in total. The van der Waals surface area contributed by atoms with Crippen LogP contribution < -0.4 is 10.7 Å². The predicted molar refractivity (Wildman–Crippen MR) is 87.7 cm³/mol. The molecule has 0 amide bonds. The van der Waals surface area contributed by atoms with E-state index in [9.17, 15) is 0 Å². The van der Waals surface area contributed by atoms with Crippen molar-refractivity contribution in [3.63, 3.8) is 0 Å². The summed E-state index contributed by atoms with van der Waals surface area (Å²) in [4.78, 5) is 8.50. The summed E-state index contributed by atoms with van der Waals surface area (Å²) in [5, 5.41) is 3.05. The molecule has 5 heteroatoms. The topological polar surface area (TPSA) is 54.8 Å². The fourth-order valence-electron chi connectivity index (χ4n) is 1.73. The molecule has 2 rings (SSSR count). The molecule has 20 heavy (non-hydrogen) atoms. The smallest absolute Gasteiger partial charge is 0.132 e. The average molecular weight is 277 g/mol. The van der Waals surface area contributed by atoms with Gasteiger partial charge in [-0.05, 0) is 19.1 Å². The standard InChI is InChI=1S/C11H15N5.2C2H6/c1-8-10(14-7-15-11(8)12-2)9-5-4-6-16(9)13-3;2*1-2/h4-7,13H,1-3H3,(H,12,14,15);2*1-2H3. The van der Waals surface area contributed by atoms with Gasteiger partial charge in [-0.1, -0.05) is 27.7 Å². The Morgan fingerprint density at radius 1 is 1.05 bits per heavy atom. The number of hydrogen-bond acceptors (Lipinski definition) is 4. The summed E-state index contributed by atoms with van der Waals surface area (Å²) in [6.45, 7) is 10.0. The van der Waals surface area contributed by atoms with Gasteiger partial charge in [-0.3, -0.25) is 4.68 Å². The van der Waals surface area contributed by atoms with E-state index < -0.39 is 0 Å². The third kappa shape index (κ3) is 3.98. The molecule has 0 saturated heterocycles. The van der Waals surface area contributed by atoms with E-state index in [1.54, 1.807) is 6.33 Å². The van der Waals surface area contributed by atoms with Gasteiger partial charge >= 0.3 is 0 Å². The summed E-state index contributed by atoms with van der Waals surface area (Å²) in [6, 6.07) is 4.00. The minimum atomic E-state index is 0.855. The average Bonchev–Trinajstić information content (AvgIpc) is 3.00. The number of nitrogens with zero attached hydrogens (tertiary/aromatic N) is 3. The second-order valence-electron chi connectivity index (χ2n) is 3.43. The minimum absolute atomic E-state index is 0.855. The molecule has 2 aromatic rings. The van der Waals surface area contributed by atoms with Gasteiger partial charge in [0.05, 0.1) is 11.4 Å². The fraction of sp³-hybridized carbons (Fsp3) is 0.467. The Morgan fingerprint density at radius 3 is 2.25 bits per heavy atom. The first-order chi connectivity index (χ1) is 9.77. The molecule has 0 radical (unpaired) electrons. The van der Waals surface area contributed by atoms with Gasteiger partial charge in [0, 0.05) is 25.9 Å². The Bertz CT molecular complexity index is 491. The van der Waals surface area contributed by atoms with Crippen LogP contribution >= 0.6 is 0 Å². The lowest BCUT2D eigenvalue weighted by Gasteiger charge is -2.11. The van der Waals surface area contributed by atoms with Crippen LogP contribution in [0.4, 0.5) is 5.82 Å². The van der Waals surface area contributed by atoms with Crippen molar-refractivity contribution in [2.24, 2.45) is 0 Å². The van der Waals surface area contributed by atoms with Gasteiger partial charge in [0.1, 0.15) is 12.1 Å². The zero-order valence-corrected chi connectivity index (χ0v) is 13.7. The maximum Gasteiger partial charge on any atom is 0.132 e. The summed E-state index contributed by atoms with van der Waals surface area (Å²) >= 11 is 0. The third-order valence-electron chi connectivity index (χ3n) is 2.55. The fourth-order valence-corrected chi connectivity index (χ4v) is 1.73. The monoisotopic (exact) mass is 277 g/mol. The van der Waals surface area contributed by atoms with Gasteiger partial charge in [-0.15, -0.1) is 0 Å². The van der Waals surface area contributed by atoms with Crippen LogP contribution in [-0.2, 0) is 0 Å². The number of nitrogens with one attached hydrogen (secondary N) is 2. The minimum Gasteiger partial charge on any atom is -0.373 e. The summed E-state index contributed by atoms with van der Waals surface area (Å²) < 4.78 is 1.93. The number of hydrogen-bond donors (Lipinski definition) is 2. The largest absolute Gasteiger partial charge is 0.373 e. The number of rotatable bonds is 3. The van der Waals surface area contributed by atoms with Gasteiger partial charge in [-0.2, -0.15) is 0 Å². The van der Waals surface area contributed by atoms with Gasteiger partial charge in [0.2, 0.25) is 0 Å². The van der Waals surface area contributed by atoms with Crippen LogP contribution in [0.2, 0.25) is 0 Å². The van der Waals surface area contributed by atoms with E-state index in [1.165, 1.54) is 0 Å². The van der Waals surface area contributed by atoms with Crippen LogP contribution in [0, 0.1) is 6.92 Å². The van der Waals surface area contributed by atoms with Crippen LogP contribution in [0.3, 0.4) is 0 Å². The molecule has 0 aliphatic carbocycles. The molecule has 112 valence electrons. The first-order valence-electron chi connectivity index (χ1n) is 7.12. The molecular formula is C15H27N5. The maximum absolute atomic E-state index is 4.33. The molecule has 0 aliphatic heterocycles. The van der Waals surface area contributed by atoms with Crippen molar-refractivity contribution < 1.29 is 0 Å². The van der Waals surface area contributed by atoms with Crippen LogP contribution in [-0.4, -0.2) is 28.7 Å². The number of aromatic nitrogens is 3. The molecule has 0 fully saturated rings. The molecule has 0 atom stereocenters. The first kappa shape index (κ1) is 18.0. The lowest BCUT2D eigenvalue weighted by molar-refractivity contribution is 0.935. The summed E-state index contributed by atoms with van der Waals surface area (Å²) in [7, 11) is 3.73. The molecule has 0 saturated carbocycles. The van der Waals surface area contributed by atoms with Gasteiger partial charge in [0.15, 0.2) is 0 Å². The molecule has 0 bridgehead atoms. The molecule has 2 heterocycles. The lowest BCUT2D eigenvalue weighted by Crippen LogP contribution is -2.10. The van der Waals surface area contributed by atoms with Gasteiger partial charge in [-0.25, -0.2) is 9.97 Å². The van der Waals surface area contributed by atoms with Crippen molar-refractivity contribution in [3.05, 3.63) is 30.2 Å². The first-order valence-corrected chi connectivity index (χ1v) is 7.12. The van der Waals surface area contributed by atoms with Crippen molar-refractivity contribution >= 4 is 5.82 Å². The van der Waals surface area contributed by atoms with E-state index in [-0.39, 0.29) is 0 Å². The Balaban J connectivity index is 0.000000829. The second-order valence-corrected chi connectivity index (χ2v) is 3.43. The lowest BCUT2D eigenvalue weighted by atomic mass is 10.2. The molecular weight excluding hydrogens is 250 g/mol. The van der Waals surface area contributed by atoms with E-state index in [0.29, 0.717) is 0 Å². The molecule has 0 unspecified atom stereocenters. The van der Waals surface area contributed by atoms with E-state index >= 15 is 0 Å². The molecule has 0 spiro atoms. The highest BCUT2D eigenvalue weighted by Gasteiger charge is 2.10. The Labute approximate surface area is 122 Å². The Morgan fingerprint density at radius 2 is 1.70 bits per heavy atom. The molecule has 0 aliphatic rings. The van der Waals surface area contributed by atoms with Crippen molar-refractivity contribution in [3.8, 4) is 11.4 Å². The third-order valence-corrected chi connectivity index (χ3v) is 2.55. The summed E-state index contributed by atoms with van der Waals surface area (Å²) in [5.41, 5.74) is 6.07. The predicted octanol–water partition coefficient (Wildman–Crippen LogP) is 3.52. The van der Waals surface area contributed by atoms with Crippen LogP contribution in [0.15, 0.2) is 24.7 Å². The Kier molecular flexibility index (Phi) is 8.83. The quantitative estimate of drug-likeness (QED) is 0.901. The Hall–Kier alpha value is -2.04. The van der Waals surface area contributed by atoms with Crippen molar-refractivity contribution in [1.29, 1.82) is 0 Å². The highest BCUT2D eigenvalue weighted by molar-refractivity contribution is 5.65. The van der Waals surface area contributed by atoms with Crippen LogP contribution in [0.1, 0.15) is 33.3 Å². The number of anilines is 1. The van der Waals surface area contributed by atoms with E-state index in [2.05, 4.69) is 20.7 Å². The van der Waals surface area contributed by atoms with Crippen molar-refractivity contribution in [2.75, 3.05) is 24.8 Å². The highest BCUT2D eigenvalue weighted by atomic mass is 15.4. The normalized spacial score (nSPS) is 8.75. The SMILES string of the molecule is CC.CC.CNc1ncnc(-c2cccn2NC)c1C. The van der Waals surface area contributed by atoms with Crippen molar-refractivity contribution in [1.82, 2.24) is 14.6 Å². The van der Waals surface area contributed by atoms with Gasteiger partial charge in [0.25, 0.3) is 0 Å². The van der Waals surface area contributed by atoms with Crippen molar-refractivity contribution in [2.45, 2.75) is 34.6 Å². The van der Waals surface area contributed by atoms with Crippen LogP contribution in [0.25, 0.3) is 11.4 Å². The summed E-state index contributed by atoms with van der Waals surface area (Å²) in [5.74, 6) is 0.855. The highest BCUT2D eigenvalue weighted by Crippen LogP contribution is 2.24. The zero-order valence-electron chi connectivity index (χ0n) is 13.7. The maximum atomic E-state index is 4.33. The van der Waals surface area contributed by atoms with E-state index in [4.69, 9.17) is 0 Å². The zero-order chi connectivity index (χ0) is 15.5. The van der Waals surface area contributed by atoms with E-state index in [0.717, 1.165) is 22.8 Å².